The van der Waals surface area contributed by atoms with Crippen LogP contribution in [0.1, 0.15) is 35.0 Å². The van der Waals surface area contributed by atoms with Gasteiger partial charge in [0.1, 0.15) is 0 Å². The smallest absolute Gasteiger partial charge is 0.335 e. The molecule has 2 rings (SSSR count). The van der Waals surface area contributed by atoms with Gasteiger partial charge in [0.05, 0.1) is 5.56 Å². The summed E-state index contributed by atoms with van der Waals surface area (Å²) < 4.78 is 7.62. The molecule has 0 fully saturated rings. The van der Waals surface area contributed by atoms with Crippen molar-refractivity contribution >= 4 is 16.9 Å². The minimum atomic E-state index is -0.881. The molecule has 2 aromatic rings. The average molecular weight is 275 g/mol. The van der Waals surface area contributed by atoms with Crippen LogP contribution < -0.4 is 0 Å². The average Bonchev–Trinajstić information content (AvgIpc) is 2.67. The molecule has 1 aromatic carbocycles. The van der Waals surface area contributed by atoms with Crippen molar-refractivity contribution in [3.05, 3.63) is 35.0 Å². The molecule has 1 aromatic heterocycles. The predicted octanol–water partition coefficient (Wildman–Crippen LogP) is 3.38. The molecule has 0 saturated carbocycles. The van der Waals surface area contributed by atoms with Gasteiger partial charge in [-0.1, -0.05) is 0 Å². The van der Waals surface area contributed by atoms with Gasteiger partial charge in [-0.05, 0) is 51.0 Å². The lowest BCUT2D eigenvalue weighted by Crippen LogP contribution is -2.04. The van der Waals surface area contributed by atoms with Crippen molar-refractivity contribution in [1.82, 2.24) is 4.57 Å². The van der Waals surface area contributed by atoms with Gasteiger partial charge in [0, 0.05) is 36.4 Å². The third-order valence-corrected chi connectivity index (χ3v) is 3.76. The van der Waals surface area contributed by atoms with E-state index in [-0.39, 0.29) is 0 Å². The second kappa shape index (κ2) is 6.09. The fraction of sp³-hybridized carbons (Fsp3) is 0.438. The van der Waals surface area contributed by atoms with E-state index >= 15 is 0 Å². The van der Waals surface area contributed by atoms with Gasteiger partial charge in [-0.2, -0.15) is 0 Å². The standard InChI is InChI=1S/C16H21NO3/c1-4-20-9-5-8-17-12(3)11(2)14-10-13(16(18)19)6-7-15(14)17/h6-7,10H,4-5,8-9H2,1-3H3,(H,18,19). The monoisotopic (exact) mass is 275 g/mol. The molecule has 4 heteroatoms. The first-order chi connectivity index (χ1) is 9.56. The van der Waals surface area contributed by atoms with Crippen molar-refractivity contribution in [3.63, 3.8) is 0 Å². The van der Waals surface area contributed by atoms with Crippen LogP contribution in [0.4, 0.5) is 0 Å². The normalized spacial score (nSPS) is 11.2. The second-order valence-electron chi connectivity index (χ2n) is 4.95. The van der Waals surface area contributed by atoms with Crippen molar-refractivity contribution in [1.29, 1.82) is 0 Å². The van der Waals surface area contributed by atoms with Crippen molar-refractivity contribution in [2.45, 2.75) is 33.7 Å². The predicted molar refractivity (Wildman–Crippen MR) is 79.5 cm³/mol. The number of hydrogen-bond acceptors (Lipinski definition) is 2. The molecule has 108 valence electrons. The van der Waals surface area contributed by atoms with Crippen molar-refractivity contribution in [2.75, 3.05) is 13.2 Å². The topological polar surface area (TPSA) is 51.5 Å². The number of aryl methyl sites for hydroxylation is 2. The summed E-state index contributed by atoms with van der Waals surface area (Å²) in [6.07, 6.45) is 0.957. The van der Waals surface area contributed by atoms with Crippen LogP contribution in [0.25, 0.3) is 10.9 Å². The Hall–Kier alpha value is -1.81. The van der Waals surface area contributed by atoms with Gasteiger partial charge in [-0.25, -0.2) is 4.79 Å². The molecule has 0 unspecified atom stereocenters. The zero-order valence-electron chi connectivity index (χ0n) is 12.3. The molecule has 1 heterocycles. The highest BCUT2D eigenvalue weighted by Crippen LogP contribution is 2.26. The summed E-state index contributed by atoms with van der Waals surface area (Å²) in [6.45, 7) is 8.50. The van der Waals surface area contributed by atoms with Gasteiger partial charge in [0.15, 0.2) is 0 Å². The Bertz CT molecular complexity index is 628. The first-order valence-corrected chi connectivity index (χ1v) is 6.96. The molecule has 1 N–H and O–H groups in total. The van der Waals surface area contributed by atoms with E-state index in [0.29, 0.717) is 5.56 Å². The van der Waals surface area contributed by atoms with Crippen LogP contribution in [0.15, 0.2) is 18.2 Å². The molecule has 0 saturated heterocycles. The number of fused-ring (bicyclic) bond motifs is 1. The van der Waals surface area contributed by atoms with E-state index in [9.17, 15) is 4.79 Å². The van der Waals surface area contributed by atoms with Crippen LogP contribution in [-0.4, -0.2) is 28.9 Å². The van der Waals surface area contributed by atoms with E-state index in [1.807, 2.05) is 19.9 Å². The lowest BCUT2D eigenvalue weighted by atomic mass is 10.1. The molecule has 0 amide bonds. The van der Waals surface area contributed by atoms with Crippen molar-refractivity contribution in [3.8, 4) is 0 Å². The van der Waals surface area contributed by atoms with Gasteiger partial charge in [0.2, 0.25) is 0 Å². The lowest BCUT2D eigenvalue weighted by Gasteiger charge is -2.08. The summed E-state index contributed by atoms with van der Waals surface area (Å²) in [5.74, 6) is -0.881. The molecular weight excluding hydrogens is 254 g/mol. The molecule has 0 aliphatic heterocycles. The highest BCUT2D eigenvalue weighted by Gasteiger charge is 2.13. The van der Waals surface area contributed by atoms with Crippen molar-refractivity contribution in [2.24, 2.45) is 0 Å². The van der Waals surface area contributed by atoms with Crippen LogP contribution in [0.5, 0.6) is 0 Å². The Morgan fingerprint density at radius 3 is 2.75 bits per heavy atom. The van der Waals surface area contributed by atoms with Gasteiger partial charge >= 0.3 is 5.97 Å². The first kappa shape index (κ1) is 14.6. The number of carbonyl (C=O) groups is 1. The SMILES string of the molecule is CCOCCCn1c(C)c(C)c2cc(C(=O)O)ccc21. The molecule has 0 aliphatic rings. The molecule has 0 radical (unpaired) electrons. The number of ether oxygens (including phenoxy) is 1. The quantitative estimate of drug-likeness (QED) is 0.822. The number of aromatic nitrogens is 1. The van der Waals surface area contributed by atoms with E-state index in [4.69, 9.17) is 9.84 Å². The molecular formula is C16H21NO3. The molecule has 20 heavy (non-hydrogen) atoms. The van der Waals surface area contributed by atoms with Gasteiger partial charge in [-0.15, -0.1) is 0 Å². The van der Waals surface area contributed by atoms with Crippen molar-refractivity contribution < 1.29 is 14.6 Å². The Kier molecular flexibility index (Phi) is 4.45. The Balaban J connectivity index is 2.35. The summed E-state index contributed by atoms with van der Waals surface area (Å²) >= 11 is 0. The summed E-state index contributed by atoms with van der Waals surface area (Å²) in [5, 5.41) is 10.1. The molecule has 0 bridgehead atoms. The van der Waals surface area contributed by atoms with E-state index in [2.05, 4.69) is 11.5 Å². The Morgan fingerprint density at radius 1 is 1.35 bits per heavy atom. The largest absolute Gasteiger partial charge is 0.478 e. The third-order valence-electron chi connectivity index (χ3n) is 3.76. The summed E-state index contributed by atoms with van der Waals surface area (Å²) in [4.78, 5) is 11.1. The van der Waals surface area contributed by atoms with E-state index in [1.165, 1.54) is 5.69 Å². The van der Waals surface area contributed by atoms with Crippen LogP contribution in [-0.2, 0) is 11.3 Å². The minimum Gasteiger partial charge on any atom is -0.478 e. The minimum absolute atomic E-state index is 0.340. The number of carboxylic acids is 1. The highest BCUT2D eigenvalue weighted by molar-refractivity contribution is 5.95. The van der Waals surface area contributed by atoms with Gasteiger partial charge in [-0.3, -0.25) is 0 Å². The van der Waals surface area contributed by atoms with Gasteiger partial charge in [0.25, 0.3) is 0 Å². The highest BCUT2D eigenvalue weighted by atomic mass is 16.5. The maximum absolute atomic E-state index is 11.1. The summed E-state index contributed by atoms with van der Waals surface area (Å²) in [5.41, 5.74) is 3.78. The van der Waals surface area contributed by atoms with E-state index < -0.39 is 5.97 Å². The fourth-order valence-corrected chi connectivity index (χ4v) is 2.54. The molecule has 0 spiro atoms. The Morgan fingerprint density at radius 2 is 2.10 bits per heavy atom. The third kappa shape index (κ3) is 2.70. The number of rotatable bonds is 6. The first-order valence-electron chi connectivity index (χ1n) is 6.96. The maximum Gasteiger partial charge on any atom is 0.335 e. The van der Waals surface area contributed by atoms with Crippen LogP contribution >= 0.6 is 0 Å². The number of aromatic carboxylic acids is 1. The number of nitrogens with zero attached hydrogens (tertiary/aromatic N) is 1. The van der Waals surface area contributed by atoms with Gasteiger partial charge < -0.3 is 14.4 Å². The van der Waals surface area contributed by atoms with Crippen LogP contribution in [0.3, 0.4) is 0 Å². The number of benzene rings is 1. The fourth-order valence-electron chi connectivity index (χ4n) is 2.54. The van der Waals surface area contributed by atoms with E-state index in [1.54, 1.807) is 12.1 Å². The zero-order valence-corrected chi connectivity index (χ0v) is 12.3. The number of carboxylic acid groups (broad SMARTS) is 1. The zero-order chi connectivity index (χ0) is 14.7. The van der Waals surface area contributed by atoms with E-state index in [0.717, 1.165) is 42.6 Å². The molecule has 4 nitrogen and oxygen atoms in total. The summed E-state index contributed by atoms with van der Waals surface area (Å²) in [7, 11) is 0. The second-order valence-corrected chi connectivity index (χ2v) is 4.95. The Labute approximate surface area is 119 Å². The maximum atomic E-state index is 11.1. The van der Waals surface area contributed by atoms with Crippen LogP contribution in [0.2, 0.25) is 0 Å². The lowest BCUT2D eigenvalue weighted by molar-refractivity contribution is 0.0697. The summed E-state index contributed by atoms with van der Waals surface area (Å²) in [6, 6.07) is 5.33. The number of hydrogen-bond donors (Lipinski definition) is 1. The molecule has 0 aliphatic carbocycles. The molecule has 0 atom stereocenters. The van der Waals surface area contributed by atoms with Crippen LogP contribution in [0, 0.1) is 13.8 Å².